The van der Waals surface area contributed by atoms with Crippen molar-refractivity contribution in [3.8, 4) is 5.69 Å². The van der Waals surface area contributed by atoms with Crippen molar-refractivity contribution in [2.24, 2.45) is 5.73 Å². The van der Waals surface area contributed by atoms with Crippen molar-refractivity contribution in [1.29, 1.82) is 0 Å². The number of amides is 2. The number of hydrogen-bond acceptors (Lipinski definition) is 6. The molecule has 2 amide bonds. The van der Waals surface area contributed by atoms with E-state index in [1.807, 2.05) is 19.1 Å². The van der Waals surface area contributed by atoms with Crippen LogP contribution in [0.1, 0.15) is 5.56 Å². The molecule has 21 heavy (non-hydrogen) atoms. The molecule has 0 spiro atoms. The molecule has 0 aliphatic rings. The van der Waals surface area contributed by atoms with Gasteiger partial charge in [0.15, 0.2) is 0 Å². The van der Waals surface area contributed by atoms with Gasteiger partial charge in [-0.15, -0.1) is 5.10 Å². The SMILES string of the molecule is Cc1ccc(-n2cnnn2)cc1NC(=O)CNC(=O)CN. The Labute approximate surface area is 120 Å². The number of carbonyl (C=O) groups excluding carboxylic acids is 2. The van der Waals surface area contributed by atoms with Gasteiger partial charge in [0.2, 0.25) is 11.8 Å². The van der Waals surface area contributed by atoms with Crippen LogP contribution in [0, 0.1) is 6.92 Å². The molecule has 9 nitrogen and oxygen atoms in total. The van der Waals surface area contributed by atoms with Crippen LogP contribution in [0.25, 0.3) is 5.69 Å². The molecular formula is C12H15N7O2. The number of anilines is 1. The lowest BCUT2D eigenvalue weighted by Gasteiger charge is -2.10. The maximum Gasteiger partial charge on any atom is 0.243 e. The Morgan fingerprint density at radius 2 is 2.14 bits per heavy atom. The Kier molecular flexibility index (Phi) is 4.57. The number of aryl methyl sites for hydroxylation is 1. The van der Waals surface area contributed by atoms with Gasteiger partial charge in [-0.2, -0.15) is 0 Å². The summed E-state index contributed by atoms with van der Waals surface area (Å²) in [6.45, 7) is 1.57. The van der Waals surface area contributed by atoms with Gasteiger partial charge < -0.3 is 16.4 Å². The molecule has 0 bridgehead atoms. The second-order valence-electron chi connectivity index (χ2n) is 4.28. The number of rotatable bonds is 5. The van der Waals surface area contributed by atoms with Crippen LogP contribution in [0.5, 0.6) is 0 Å². The lowest BCUT2D eigenvalue weighted by Crippen LogP contribution is -2.36. The molecular weight excluding hydrogens is 274 g/mol. The maximum atomic E-state index is 11.8. The Balaban J connectivity index is 2.07. The number of carbonyl (C=O) groups is 2. The van der Waals surface area contributed by atoms with Gasteiger partial charge in [0.25, 0.3) is 0 Å². The van der Waals surface area contributed by atoms with Crippen molar-refractivity contribution in [3.05, 3.63) is 30.1 Å². The molecule has 1 aromatic carbocycles. The standard InChI is InChI=1S/C12H15N7O2/c1-8-2-3-9(19-7-15-17-18-19)4-10(8)16-12(21)6-14-11(20)5-13/h2-4,7H,5-6,13H2,1H3,(H,14,20)(H,16,21). The summed E-state index contributed by atoms with van der Waals surface area (Å²) in [4.78, 5) is 22.8. The van der Waals surface area contributed by atoms with Crippen LogP contribution in [0.3, 0.4) is 0 Å². The van der Waals surface area contributed by atoms with Crippen LogP contribution in [0.2, 0.25) is 0 Å². The summed E-state index contributed by atoms with van der Waals surface area (Å²) < 4.78 is 1.48. The molecule has 4 N–H and O–H groups in total. The van der Waals surface area contributed by atoms with Gasteiger partial charge >= 0.3 is 0 Å². The smallest absolute Gasteiger partial charge is 0.243 e. The fourth-order valence-electron chi connectivity index (χ4n) is 1.61. The lowest BCUT2D eigenvalue weighted by molar-refractivity contribution is -0.123. The highest BCUT2D eigenvalue weighted by Gasteiger charge is 2.08. The van der Waals surface area contributed by atoms with E-state index in [1.54, 1.807) is 6.07 Å². The first-order chi connectivity index (χ1) is 10.1. The molecule has 0 fully saturated rings. The zero-order valence-corrected chi connectivity index (χ0v) is 11.4. The Bertz CT molecular complexity index is 639. The van der Waals surface area contributed by atoms with Crippen LogP contribution in [-0.4, -0.2) is 45.1 Å². The number of nitrogens with one attached hydrogen (secondary N) is 2. The molecule has 0 aliphatic carbocycles. The number of nitrogens with two attached hydrogens (primary N) is 1. The second kappa shape index (κ2) is 6.57. The third-order valence-electron chi connectivity index (χ3n) is 2.74. The largest absolute Gasteiger partial charge is 0.346 e. The Morgan fingerprint density at radius 3 is 2.81 bits per heavy atom. The normalized spacial score (nSPS) is 10.2. The van der Waals surface area contributed by atoms with Gasteiger partial charge in [0, 0.05) is 5.69 Å². The summed E-state index contributed by atoms with van der Waals surface area (Å²) in [5, 5.41) is 16.0. The number of hydrogen-bond donors (Lipinski definition) is 3. The van der Waals surface area contributed by atoms with Gasteiger partial charge in [0.1, 0.15) is 6.33 Å². The van der Waals surface area contributed by atoms with Crippen molar-refractivity contribution >= 4 is 17.5 Å². The van der Waals surface area contributed by atoms with E-state index >= 15 is 0 Å². The van der Waals surface area contributed by atoms with Crippen molar-refractivity contribution < 1.29 is 9.59 Å². The quantitative estimate of drug-likeness (QED) is 0.646. The highest BCUT2D eigenvalue weighted by atomic mass is 16.2. The molecule has 0 atom stereocenters. The molecule has 0 radical (unpaired) electrons. The highest BCUT2D eigenvalue weighted by Crippen LogP contribution is 2.18. The topological polar surface area (TPSA) is 128 Å². The van der Waals surface area contributed by atoms with E-state index in [4.69, 9.17) is 5.73 Å². The lowest BCUT2D eigenvalue weighted by atomic mass is 10.2. The van der Waals surface area contributed by atoms with Crippen LogP contribution < -0.4 is 16.4 Å². The summed E-state index contributed by atoms with van der Waals surface area (Å²) >= 11 is 0. The van der Waals surface area contributed by atoms with E-state index in [0.29, 0.717) is 11.4 Å². The number of aromatic nitrogens is 4. The third-order valence-corrected chi connectivity index (χ3v) is 2.74. The van der Waals surface area contributed by atoms with E-state index in [0.717, 1.165) is 5.56 Å². The average molecular weight is 289 g/mol. The van der Waals surface area contributed by atoms with E-state index in [9.17, 15) is 9.59 Å². The van der Waals surface area contributed by atoms with E-state index < -0.39 is 0 Å². The van der Waals surface area contributed by atoms with Crippen molar-refractivity contribution in [3.63, 3.8) is 0 Å². The van der Waals surface area contributed by atoms with Gasteiger partial charge in [-0.25, -0.2) is 4.68 Å². The van der Waals surface area contributed by atoms with Crippen molar-refractivity contribution in [2.45, 2.75) is 6.92 Å². The van der Waals surface area contributed by atoms with Crippen molar-refractivity contribution in [1.82, 2.24) is 25.5 Å². The van der Waals surface area contributed by atoms with Gasteiger partial charge in [-0.05, 0) is 35.0 Å². The zero-order chi connectivity index (χ0) is 15.2. The van der Waals surface area contributed by atoms with Crippen LogP contribution in [-0.2, 0) is 9.59 Å². The Hall–Kier alpha value is -2.81. The maximum absolute atomic E-state index is 11.8. The van der Waals surface area contributed by atoms with Crippen LogP contribution >= 0.6 is 0 Å². The predicted octanol–water partition coefficient (Wildman–Crippen LogP) is -1.02. The van der Waals surface area contributed by atoms with Gasteiger partial charge in [0.05, 0.1) is 18.8 Å². The molecule has 0 aliphatic heterocycles. The first kappa shape index (κ1) is 14.6. The molecule has 9 heteroatoms. The van der Waals surface area contributed by atoms with Crippen LogP contribution in [0.15, 0.2) is 24.5 Å². The van der Waals surface area contributed by atoms with Crippen molar-refractivity contribution in [2.75, 3.05) is 18.4 Å². The molecule has 0 saturated carbocycles. The molecule has 0 saturated heterocycles. The summed E-state index contributed by atoms with van der Waals surface area (Å²) in [5.74, 6) is -0.724. The fourth-order valence-corrected chi connectivity index (χ4v) is 1.61. The number of tetrazole rings is 1. The summed E-state index contributed by atoms with van der Waals surface area (Å²) in [7, 11) is 0. The molecule has 2 rings (SSSR count). The third kappa shape index (κ3) is 3.83. The molecule has 0 unspecified atom stereocenters. The van der Waals surface area contributed by atoms with Crippen LogP contribution in [0.4, 0.5) is 5.69 Å². The van der Waals surface area contributed by atoms with E-state index in [-0.39, 0.29) is 24.9 Å². The van der Waals surface area contributed by atoms with E-state index in [1.165, 1.54) is 11.0 Å². The number of nitrogens with zero attached hydrogens (tertiary/aromatic N) is 4. The monoisotopic (exact) mass is 289 g/mol. The first-order valence-corrected chi connectivity index (χ1v) is 6.21. The summed E-state index contributed by atoms with van der Waals surface area (Å²) in [6, 6.07) is 5.41. The summed E-state index contributed by atoms with van der Waals surface area (Å²) in [5.41, 5.74) is 7.36. The second-order valence-corrected chi connectivity index (χ2v) is 4.28. The van der Waals surface area contributed by atoms with Gasteiger partial charge in [-0.3, -0.25) is 9.59 Å². The first-order valence-electron chi connectivity index (χ1n) is 6.21. The average Bonchev–Trinajstić information content (AvgIpc) is 3.01. The minimum Gasteiger partial charge on any atom is -0.346 e. The summed E-state index contributed by atoms with van der Waals surface area (Å²) in [6.07, 6.45) is 1.46. The zero-order valence-electron chi connectivity index (χ0n) is 11.4. The van der Waals surface area contributed by atoms with Gasteiger partial charge in [-0.1, -0.05) is 6.07 Å². The molecule has 2 aromatic rings. The van der Waals surface area contributed by atoms with E-state index in [2.05, 4.69) is 26.2 Å². The number of benzene rings is 1. The molecule has 1 heterocycles. The molecule has 110 valence electrons. The highest BCUT2D eigenvalue weighted by molar-refractivity contribution is 5.95. The minimum atomic E-state index is -0.385. The molecule has 1 aromatic heterocycles. The Morgan fingerprint density at radius 1 is 1.33 bits per heavy atom. The minimum absolute atomic E-state index is 0.134. The predicted molar refractivity (Wildman–Crippen MR) is 74.6 cm³/mol. The fraction of sp³-hybridized carbons (Fsp3) is 0.250.